The van der Waals surface area contributed by atoms with E-state index in [2.05, 4.69) is 0 Å². The van der Waals surface area contributed by atoms with Crippen LogP contribution in [0.2, 0.25) is 0 Å². The van der Waals surface area contributed by atoms with Crippen LogP contribution < -0.4 is 5.73 Å². The van der Waals surface area contributed by atoms with Crippen molar-refractivity contribution in [2.75, 3.05) is 19.6 Å². The summed E-state index contributed by atoms with van der Waals surface area (Å²) in [4.78, 5) is 28.6. The Balaban J connectivity index is 1.92. The van der Waals surface area contributed by atoms with Gasteiger partial charge in [0.2, 0.25) is 5.91 Å². The van der Waals surface area contributed by atoms with E-state index in [9.17, 15) is 9.59 Å². The van der Waals surface area contributed by atoms with Crippen molar-refractivity contribution >= 4 is 12.0 Å². The Kier molecular flexibility index (Phi) is 7.45. The molecule has 6 heteroatoms. The molecule has 0 radical (unpaired) electrons. The molecule has 2 atom stereocenters. The van der Waals surface area contributed by atoms with Gasteiger partial charge in [-0.2, -0.15) is 0 Å². The van der Waals surface area contributed by atoms with Gasteiger partial charge in [-0.25, -0.2) is 4.79 Å². The number of likely N-dealkylation sites (N-methyl/N-ethyl adjacent to an activating group) is 1. The molecule has 1 heterocycles. The highest BCUT2D eigenvalue weighted by atomic mass is 16.6. The fourth-order valence-corrected chi connectivity index (χ4v) is 3.19. The van der Waals surface area contributed by atoms with Crippen LogP contribution in [0.15, 0.2) is 30.3 Å². The van der Waals surface area contributed by atoms with E-state index in [1.807, 2.05) is 56.0 Å². The lowest BCUT2D eigenvalue weighted by Gasteiger charge is -2.32. The predicted molar refractivity (Wildman–Crippen MR) is 101 cm³/mol. The van der Waals surface area contributed by atoms with Crippen LogP contribution in [0.25, 0.3) is 0 Å². The molecule has 1 aromatic carbocycles. The minimum atomic E-state index is -0.490. The Morgan fingerprint density at radius 3 is 2.62 bits per heavy atom. The molecule has 0 saturated carbocycles. The number of hydrogen-bond donors (Lipinski definition) is 1. The molecule has 26 heavy (non-hydrogen) atoms. The van der Waals surface area contributed by atoms with Gasteiger partial charge in [0.25, 0.3) is 0 Å². The molecular formula is C20H31N3O3. The Bertz CT molecular complexity index is 591. The zero-order chi connectivity index (χ0) is 19.1. The standard InChI is InChI=1S/C20H31N3O3/c1-4-22(20(25)26-14-16-9-6-5-7-10-16)13-17-11-8-12-23(17)19(24)18(21)15(2)3/h5-7,9-10,15,17-18H,4,8,11-14,21H2,1-3H3. The van der Waals surface area contributed by atoms with Crippen LogP contribution in [0.3, 0.4) is 0 Å². The van der Waals surface area contributed by atoms with Crippen molar-refractivity contribution in [1.82, 2.24) is 9.80 Å². The van der Waals surface area contributed by atoms with Crippen molar-refractivity contribution in [2.45, 2.75) is 52.3 Å². The number of carbonyl (C=O) groups excluding carboxylic acids is 2. The van der Waals surface area contributed by atoms with E-state index < -0.39 is 6.04 Å². The molecule has 2 amide bonds. The fraction of sp³-hybridized carbons (Fsp3) is 0.600. The Morgan fingerprint density at radius 2 is 2.00 bits per heavy atom. The second-order valence-corrected chi connectivity index (χ2v) is 7.18. The zero-order valence-electron chi connectivity index (χ0n) is 16.1. The third-order valence-corrected chi connectivity index (χ3v) is 4.94. The van der Waals surface area contributed by atoms with Gasteiger partial charge in [-0.3, -0.25) is 4.79 Å². The second-order valence-electron chi connectivity index (χ2n) is 7.18. The quantitative estimate of drug-likeness (QED) is 0.810. The van der Waals surface area contributed by atoms with Gasteiger partial charge in [-0.05, 0) is 31.2 Å². The maximum Gasteiger partial charge on any atom is 0.410 e. The lowest BCUT2D eigenvalue weighted by molar-refractivity contribution is -0.134. The first-order valence-electron chi connectivity index (χ1n) is 9.45. The summed E-state index contributed by atoms with van der Waals surface area (Å²) in [6.07, 6.45) is 1.49. The third-order valence-electron chi connectivity index (χ3n) is 4.94. The van der Waals surface area contributed by atoms with E-state index in [4.69, 9.17) is 10.5 Å². The van der Waals surface area contributed by atoms with Crippen LogP contribution in [-0.2, 0) is 16.1 Å². The van der Waals surface area contributed by atoms with Crippen molar-refractivity contribution in [3.05, 3.63) is 35.9 Å². The van der Waals surface area contributed by atoms with E-state index in [-0.39, 0.29) is 30.6 Å². The topological polar surface area (TPSA) is 75.9 Å². The molecule has 2 rings (SSSR count). The van der Waals surface area contributed by atoms with Crippen molar-refractivity contribution < 1.29 is 14.3 Å². The van der Waals surface area contributed by atoms with E-state index in [1.54, 1.807) is 4.90 Å². The monoisotopic (exact) mass is 361 g/mol. The van der Waals surface area contributed by atoms with Crippen molar-refractivity contribution in [3.63, 3.8) is 0 Å². The second kappa shape index (κ2) is 9.57. The smallest absolute Gasteiger partial charge is 0.410 e. The van der Waals surface area contributed by atoms with Crippen LogP contribution in [0, 0.1) is 5.92 Å². The van der Waals surface area contributed by atoms with E-state index in [0.717, 1.165) is 18.4 Å². The number of nitrogens with two attached hydrogens (primary N) is 1. The van der Waals surface area contributed by atoms with E-state index >= 15 is 0 Å². The van der Waals surface area contributed by atoms with Crippen molar-refractivity contribution in [2.24, 2.45) is 11.7 Å². The molecule has 0 aromatic heterocycles. The Hall–Kier alpha value is -2.08. The highest BCUT2D eigenvalue weighted by molar-refractivity contribution is 5.82. The Labute approximate surface area is 156 Å². The van der Waals surface area contributed by atoms with Gasteiger partial charge in [0, 0.05) is 25.7 Å². The number of likely N-dealkylation sites (tertiary alicyclic amines) is 1. The van der Waals surface area contributed by atoms with Crippen LogP contribution >= 0.6 is 0 Å². The predicted octanol–water partition coefficient (Wildman–Crippen LogP) is 2.62. The van der Waals surface area contributed by atoms with Crippen LogP contribution in [-0.4, -0.2) is 53.5 Å². The molecule has 1 saturated heterocycles. The maximum atomic E-state index is 12.6. The largest absolute Gasteiger partial charge is 0.445 e. The fourth-order valence-electron chi connectivity index (χ4n) is 3.19. The number of benzene rings is 1. The molecule has 0 aliphatic carbocycles. The van der Waals surface area contributed by atoms with Gasteiger partial charge >= 0.3 is 6.09 Å². The summed E-state index contributed by atoms with van der Waals surface area (Å²) < 4.78 is 5.43. The molecule has 1 fully saturated rings. The van der Waals surface area contributed by atoms with Gasteiger partial charge < -0.3 is 20.3 Å². The van der Waals surface area contributed by atoms with E-state index in [1.165, 1.54) is 0 Å². The van der Waals surface area contributed by atoms with Crippen molar-refractivity contribution in [3.8, 4) is 0 Å². The first-order valence-corrected chi connectivity index (χ1v) is 9.45. The molecule has 2 N–H and O–H groups in total. The lowest BCUT2D eigenvalue weighted by atomic mass is 10.0. The maximum absolute atomic E-state index is 12.6. The number of carbonyl (C=O) groups is 2. The first kappa shape index (κ1) is 20.2. The van der Waals surface area contributed by atoms with Gasteiger partial charge in [0.15, 0.2) is 0 Å². The minimum absolute atomic E-state index is 0.0107. The van der Waals surface area contributed by atoms with Gasteiger partial charge in [0.1, 0.15) is 6.61 Å². The average molecular weight is 361 g/mol. The Morgan fingerprint density at radius 1 is 1.31 bits per heavy atom. The van der Waals surface area contributed by atoms with Gasteiger partial charge in [-0.15, -0.1) is 0 Å². The highest BCUT2D eigenvalue weighted by Crippen LogP contribution is 2.21. The first-order chi connectivity index (χ1) is 12.4. The molecular weight excluding hydrogens is 330 g/mol. The summed E-state index contributed by atoms with van der Waals surface area (Å²) in [5.74, 6) is 0.0815. The number of ether oxygens (including phenoxy) is 1. The average Bonchev–Trinajstić information content (AvgIpc) is 3.11. The minimum Gasteiger partial charge on any atom is -0.445 e. The summed E-state index contributed by atoms with van der Waals surface area (Å²) in [7, 11) is 0. The summed E-state index contributed by atoms with van der Waals surface area (Å²) in [6, 6.07) is 9.13. The SMILES string of the molecule is CCN(CC1CCCN1C(=O)C(N)C(C)C)C(=O)OCc1ccccc1. The molecule has 144 valence electrons. The number of hydrogen-bond acceptors (Lipinski definition) is 4. The lowest BCUT2D eigenvalue weighted by Crippen LogP contribution is -2.51. The van der Waals surface area contributed by atoms with Gasteiger partial charge in [0.05, 0.1) is 6.04 Å². The third kappa shape index (κ3) is 5.21. The van der Waals surface area contributed by atoms with Crippen LogP contribution in [0.1, 0.15) is 39.2 Å². The summed E-state index contributed by atoms with van der Waals surface area (Å²) in [5, 5.41) is 0. The zero-order valence-corrected chi connectivity index (χ0v) is 16.1. The molecule has 2 unspecified atom stereocenters. The van der Waals surface area contributed by atoms with Crippen molar-refractivity contribution in [1.29, 1.82) is 0 Å². The highest BCUT2D eigenvalue weighted by Gasteiger charge is 2.34. The molecule has 0 spiro atoms. The number of rotatable bonds is 7. The van der Waals surface area contributed by atoms with Crippen LogP contribution in [0.4, 0.5) is 4.79 Å². The molecule has 0 bridgehead atoms. The molecule has 6 nitrogen and oxygen atoms in total. The summed E-state index contributed by atoms with van der Waals surface area (Å²) >= 11 is 0. The molecule has 1 aliphatic rings. The van der Waals surface area contributed by atoms with Crippen LogP contribution in [0.5, 0.6) is 0 Å². The van der Waals surface area contributed by atoms with Gasteiger partial charge in [-0.1, -0.05) is 44.2 Å². The summed E-state index contributed by atoms with van der Waals surface area (Å²) in [5.41, 5.74) is 7.00. The molecule has 1 aromatic rings. The molecule has 1 aliphatic heterocycles. The number of amides is 2. The van der Waals surface area contributed by atoms with E-state index in [0.29, 0.717) is 19.6 Å². The number of nitrogens with zero attached hydrogens (tertiary/aromatic N) is 2. The normalized spacial score (nSPS) is 18.0. The summed E-state index contributed by atoms with van der Waals surface area (Å²) in [6.45, 7) is 7.82.